The Hall–Kier alpha value is -1.61. The van der Waals surface area contributed by atoms with E-state index in [-0.39, 0.29) is 6.61 Å². The van der Waals surface area contributed by atoms with Crippen LogP contribution in [0.2, 0.25) is 0 Å². The van der Waals surface area contributed by atoms with Crippen LogP contribution in [0.15, 0.2) is 30.5 Å². The fraction of sp³-hybridized carbons (Fsp3) is 0.182. The van der Waals surface area contributed by atoms with Gasteiger partial charge >= 0.3 is 0 Å². The zero-order chi connectivity index (χ0) is 9.97. The van der Waals surface area contributed by atoms with Crippen LogP contribution in [0.25, 0.3) is 11.3 Å². The lowest BCUT2D eigenvalue weighted by atomic mass is 10.0. The van der Waals surface area contributed by atoms with Crippen molar-refractivity contribution in [3.8, 4) is 11.3 Å². The molecule has 0 aliphatic rings. The predicted molar refractivity (Wildman–Crippen MR) is 54.7 cm³/mol. The summed E-state index contributed by atoms with van der Waals surface area (Å²) < 4.78 is 0. The van der Waals surface area contributed by atoms with Crippen LogP contribution in [0.3, 0.4) is 0 Å². The summed E-state index contributed by atoms with van der Waals surface area (Å²) in [7, 11) is 0. The van der Waals surface area contributed by atoms with E-state index in [0.717, 1.165) is 22.4 Å². The molecule has 0 saturated heterocycles. The van der Waals surface area contributed by atoms with Crippen LogP contribution in [-0.4, -0.2) is 15.3 Å². The highest BCUT2D eigenvalue weighted by Crippen LogP contribution is 2.22. The van der Waals surface area contributed by atoms with E-state index >= 15 is 0 Å². The Morgan fingerprint density at radius 2 is 2.21 bits per heavy atom. The van der Waals surface area contributed by atoms with Crippen molar-refractivity contribution < 1.29 is 5.11 Å². The highest BCUT2D eigenvalue weighted by atomic mass is 16.3. The molecular formula is C11H12N2O. The lowest BCUT2D eigenvalue weighted by molar-refractivity contribution is 0.282. The maximum atomic E-state index is 9.21. The van der Waals surface area contributed by atoms with Gasteiger partial charge in [0.25, 0.3) is 0 Å². The quantitative estimate of drug-likeness (QED) is 0.756. The highest BCUT2D eigenvalue weighted by Gasteiger charge is 2.04. The zero-order valence-corrected chi connectivity index (χ0v) is 7.99. The number of aliphatic hydroxyl groups excluding tert-OH is 1. The van der Waals surface area contributed by atoms with Gasteiger partial charge in [-0.3, -0.25) is 5.10 Å². The van der Waals surface area contributed by atoms with E-state index < -0.39 is 0 Å². The van der Waals surface area contributed by atoms with Crippen molar-refractivity contribution >= 4 is 0 Å². The normalized spacial score (nSPS) is 10.4. The minimum absolute atomic E-state index is 0.0516. The Labute approximate surface area is 82.4 Å². The lowest BCUT2D eigenvalue weighted by Crippen LogP contribution is -1.90. The fourth-order valence-electron chi connectivity index (χ4n) is 1.52. The molecule has 1 aromatic heterocycles. The van der Waals surface area contributed by atoms with Gasteiger partial charge in [-0.15, -0.1) is 0 Å². The van der Waals surface area contributed by atoms with Crippen LogP contribution >= 0.6 is 0 Å². The molecule has 72 valence electrons. The molecule has 1 heterocycles. The average Bonchev–Trinajstić information content (AvgIpc) is 2.70. The molecule has 0 unspecified atom stereocenters. The largest absolute Gasteiger partial charge is 0.392 e. The number of hydrogen-bond acceptors (Lipinski definition) is 2. The van der Waals surface area contributed by atoms with E-state index in [0.29, 0.717) is 0 Å². The first kappa shape index (κ1) is 8.97. The van der Waals surface area contributed by atoms with E-state index in [9.17, 15) is 5.11 Å². The Kier molecular flexibility index (Phi) is 2.33. The van der Waals surface area contributed by atoms with E-state index in [1.54, 1.807) is 6.20 Å². The van der Waals surface area contributed by atoms with Crippen molar-refractivity contribution in [2.75, 3.05) is 0 Å². The summed E-state index contributed by atoms with van der Waals surface area (Å²) in [4.78, 5) is 0. The van der Waals surface area contributed by atoms with Gasteiger partial charge in [0.05, 0.1) is 12.3 Å². The van der Waals surface area contributed by atoms with Gasteiger partial charge in [0.1, 0.15) is 0 Å². The molecule has 0 spiro atoms. The number of rotatable bonds is 2. The number of nitrogens with zero attached hydrogens (tertiary/aromatic N) is 1. The van der Waals surface area contributed by atoms with Crippen LogP contribution in [0.1, 0.15) is 11.1 Å². The molecule has 0 bridgehead atoms. The van der Waals surface area contributed by atoms with Crippen molar-refractivity contribution in [3.05, 3.63) is 41.6 Å². The van der Waals surface area contributed by atoms with Crippen molar-refractivity contribution in [2.24, 2.45) is 0 Å². The summed E-state index contributed by atoms with van der Waals surface area (Å²) in [5.74, 6) is 0. The summed E-state index contributed by atoms with van der Waals surface area (Å²) >= 11 is 0. The summed E-state index contributed by atoms with van der Waals surface area (Å²) in [5, 5.41) is 16.0. The molecule has 0 fully saturated rings. The average molecular weight is 188 g/mol. The second kappa shape index (κ2) is 3.64. The summed E-state index contributed by atoms with van der Waals surface area (Å²) in [6, 6.07) is 7.89. The molecule has 0 amide bonds. The number of nitrogens with one attached hydrogen (secondary N) is 1. The summed E-state index contributed by atoms with van der Waals surface area (Å²) in [6.07, 6.45) is 1.70. The highest BCUT2D eigenvalue weighted by molar-refractivity contribution is 5.63. The first-order chi connectivity index (χ1) is 6.81. The maximum absolute atomic E-state index is 9.21. The molecule has 2 N–H and O–H groups in total. The maximum Gasteiger partial charge on any atom is 0.0688 e. The predicted octanol–water partition coefficient (Wildman–Crippen LogP) is 1.88. The third-order valence-electron chi connectivity index (χ3n) is 2.22. The number of aromatic nitrogens is 2. The van der Waals surface area contributed by atoms with E-state index in [1.165, 1.54) is 0 Å². The summed E-state index contributed by atoms with van der Waals surface area (Å²) in [6.45, 7) is 2.06. The molecule has 0 aliphatic heterocycles. The minimum atomic E-state index is 0.0516. The first-order valence-electron chi connectivity index (χ1n) is 4.51. The molecule has 2 aromatic rings. The van der Waals surface area contributed by atoms with Crippen LogP contribution in [-0.2, 0) is 6.61 Å². The molecule has 3 nitrogen and oxygen atoms in total. The van der Waals surface area contributed by atoms with E-state index in [1.807, 2.05) is 31.2 Å². The van der Waals surface area contributed by atoms with E-state index in [4.69, 9.17) is 0 Å². The Balaban J connectivity index is 2.53. The van der Waals surface area contributed by atoms with E-state index in [2.05, 4.69) is 10.2 Å². The Morgan fingerprint density at radius 1 is 1.36 bits per heavy atom. The molecule has 0 aliphatic carbocycles. The van der Waals surface area contributed by atoms with Gasteiger partial charge in [0.15, 0.2) is 0 Å². The van der Waals surface area contributed by atoms with Gasteiger partial charge in [-0.2, -0.15) is 5.10 Å². The van der Waals surface area contributed by atoms with Crippen LogP contribution in [0.4, 0.5) is 0 Å². The fourth-order valence-corrected chi connectivity index (χ4v) is 1.52. The third kappa shape index (κ3) is 1.54. The number of hydrogen-bond donors (Lipinski definition) is 2. The van der Waals surface area contributed by atoms with Gasteiger partial charge in [-0.05, 0) is 18.6 Å². The number of aliphatic hydroxyl groups is 1. The van der Waals surface area contributed by atoms with Crippen LogP contribution < -0.4 is 0 Å². The SMILES string of the molecule is Cc1ccc(-c2ccn[nH]2)c(CO)c1. The first-order valence-corrected chi connectivity index (χ1v) is 4.51. The molecule has 14 heavy (non-hydrogen) atoms. The topological polar surface area (TPSA) is 48.9 Å². The molecule has 2 rings (SSSR count). The van der Waals surface area contributed by atoms with Gasteiger partial charge in [0.2, 0.25) is 0 Å². The van der Waals surface area contributed by atoms with Crippen molar-refractivity contribution in [3.63, 3.8) is 0 Å². The van der Waals surface area contributed by atoms with Gasteiger partial charge in [-0.1, -0.05) is 23.8 Å². The number of benzene rings is 1. The molecule has 0 radical (unpaired) electrons. The third-order valence-corrected chi connectivity index (χ3v) is 2.22. The number of H-pyrrole nitrogens is 1. The number of aromatic amines is 1. The van der Waals surface area contributed by atoms with Crippen LogP contribution in [0.5, 0.6) is 0 Å². The monoisotopic (exact) mass is 188 g/mol. The Bertz CT molecular complexity index is 421. The van der Waals surface area contributed by atoms with Crippen molar-refractivity contribution in [2.45, 2.75) is 13.5 Å². The molecule has 0 saturated carbocycles. The zero-order valence-electron chi connectivity index (χ0n) is 7.99. The second-order valence-electron chi connectivity index (χ2n) is 3.29. The molecule has 1 aromatic carbocycles. The second-order valence-corrected chi connectivity index (χ2v) is 3.29. The number of aryl methyl sites for hydroxylation is 1. The standard InChI is InChI=1S/C11H12N2O/c1-8-2-3-10(9(6-8)7-14)11-4-5-12-13-11/h2-6,14H,7H2,1H3,(H,12,13). The summed E-state index contributed by atoms with van der Waals surface area (Å²) in [5.41, 5.74) is 4.02. The van der Waals surface area contributed by atoms with Crippen LogP contribution in [0, 0.1) is 6.92 Å². The lowest BCUT2D eigenvalue weighted by Gasteiger charge is -2.05. The molecule has 3 heteroatoms. The minimum Gasteiger partial charge on any atom is -0.392 e. The molecule has 0 atom stereocenters. The van der Waals surface area contributed by atoms with Gasteiger partial charge in [-0.25, -0.2) is 0 Å². The van der Waals surface area contributed by atoms with Crippen molar-refractivity contribution in [1.29, 1.82) is 0 Å². The van der Waals surface area contributed by atoms with Crippen molar-refractivity contribution in [1.82, 2.24) is 10.2 Å². The smallest absolute Gasteiger partial charge is 0.0688 e. The Morgan fingerprint density at radius 3 is 2.86 bits per heavy atom. The van der Waals surface area contributed by atoms with Gasteiger partial charge < -0.3 is 5.11 Å². The van der Waals surface area contributed by atoms with Gasteiger partial charge in [0, 0.05) is 11.8 Å². The molecular weight excluding hydrogens is 176 g/mol.